The highest BCUT2D eigenvalue weighted by atomic mass is 127. The van der Waals surface area contributed by atoms with Gasteiger partial charge in [-0.1, -0.05) is 0 Å². The molecule has 1 aromatic carbocycles. The first-order valence-corrected chi connectivity index (χ1v) is 4.88. The summed E-state index contributed by atoms with van der Waals surface area (Å²) >= 11 is 2.12. The van der Waals surface area contributed by atoms with Crippen LogP contribution in [0.3, 0.4) is 0 Å². The molecule has 1 nitrogen and oxygen atoms in total. The summed E-state index contributed by atoms with van der Waals surface area (Å²) in [6.45, 7) is 0. The molecule has 0 radical (unpaired) electrons. The van der Waals surface area contributed by atoms with Gasteiger partial charge >= 0.3 is 0 Å². The first-order chi connectivity index (χ1) is 5.62. The zero-order chi connectivity index (χ0) is 8.77. The quantitative estimate of drug-likeness (QED) is 0.782. The molecule has 2 rings (SSSR count). The lowest BCUT2D eigenvalue weighted by Gasteiger charge is -2.09. The van der Waals surface area contributed by atoms with E-state index in [4.69, 9.17) is 0 Å². The molecule has 12 heavy (non-hydrogen) atoms. The van der Waals surface area contributed by atoms with E-state index in [1.165, 1.54) is 12.1 Å². The van der Waals surface area contributed by atoms with Gasteiger partial charge in [0.05, 0.1) is 5.60 Å². The predicted octanol–water partition coefficient (Wildman–Crippen LogP) is 2.41. The van der Waals surface area contributed by atoms with Crippen LogP contribution in [0, 0.1) is 9.39 Å². The summed E-state index contributed by atoms with van der Waals surface area (Å²) in [4.78, 5) is 0. The summed E-state index contributed by atoms with van der Waals surface area (Å²) in [5.41, 5.74) is 0.0154. The molecule has 1 aromatic rings. The minimum Gasteiger partial charge on any atom is -0.385 e. The molecular weight excluding hydrogens is 270 g/mol. The number of aliphatic hydroxyl groups is 1. The Labute approximate surface area is 83.7 Å². The monoisotopic (exact) mass is 278 g/mol. The summed E-state index contributed by atoms with van der Waals surface area (Å²) < 4.78 is 13.7. The lowest BCUT2D eigenvalue weighted by molar-refractivity contribution is 0.150. The van der Waals surface area contributed by atoms with E-state index in [9.17, 15) is 9.50 Å². The van der Waals surface area contributed by atoms with Gasteiger partial charge in [0.1, 0.15) is 5.82 Å². The topological polar surface area (TPSA) is 20.2 Å². The van der Waals surface area contributed by atoms with Crippen molar-refractivity contribution < 1.29 is 9.50 Å². The van der Waals surface area contributed by atoms with Crippen LogP contribution in [0.2, 0.25) is 0 Å². The molecule has 0 heterocycles. The van der Waals surface area contributed by atoms with Crippen LogP contribution in [0.4, 0.5) is 4.39 Å². The Kier molecular flexibility index (Phi) is 1.88. The molecule has 1 N–H and O–H groups in total. The Morgan fingerprint density at radius 2 is 2.08 bits per heavy atom. The maximum atomic E-state index is 12.8. The van der Waals surface area contributed by atoms with Crippen LogP contribution in [0.25, 0.3) is 0 Å². The molecule has 0 spiro atoms. The maximum absolute atomic E-state index is 12.8. The molecule has 1 fully saturated rings. The molecule has 0 unspecified atom stereocenters. The van der Waals surface area contributed by atoms with Crippen molar-refractivity contribution in [1.82, 2.24) is 0 Å². The van der Waals surface area contributed by atoms with E-state index in [2.05, 4.69) is 22.6 Å². The van der Waals surface area contributed by atoms with Gasteiger partial charge in [-0.05, 0) is 59.2 Å². The zero-order valence-corrected chi connectivity index (χ0v) is 8.51. The Morgan fingerprint density at radius 1 is 1.42 bits per heavy atom. The molecule has 1 aliphatic carbocycles. The van der Waals surface area contributed by atoms with Crippen LogP contribution in [0.1, 0.15) is 18.4 Å². The van der Waals surface area contributed by atoms with Crippen molar-refractivity contribution in [2.24, 2.45) is 0 Å². The SMILES string of the molecule is OC1(c2cc(F)ccc2I)CC1. The third kappa shape index (κ3) is 1.35. The largest absolute Gasteiger partial charge is 0.385 e. The first kappa shape index (κ1) is 8.44. The Bertz CT molecular complexity index is 320. The van der Waals surface area contributed by atoms with E-state index in [0.29, 0.717) is 0 Å². The number of rotatable bonds is 1. The molecule has 1 aliphatic rings. The van der Waals surface area contributed by atoms with Crippen molar-refractivity contribution in [1.29, 1.82) is 0 Å². The van der Waals surface area contributed by atoms with Crippen molar-refractivity contribution in [3.8, 4) is 0 Å². The van der Waals surface area contributed by atoms with Crippen LogP contribution < -0.4 is 0 Å². The summed E-state index contributed by atoms with van der Waals surface area (Å²) in [5.74, 6) is -0.272. The van der Waals surface area contributed by atoms with Crippen molar-refractivity contribution >= 4 is 22.6 Å². The van der Waals surface area contributed by atoms with E-state index in [0.717, 1.165) is 22.0 Å². The summed E-state index contributed by atoms with van der Waals surface area (Å²) in [5, 5.41) is 9.73. The van der Waals surface area contributed by atoms with Gasteiger partial charge in [0.25, 0.3) is 0 Å². The summed E-state index contributed by atoms with van der Waals surface area (Å²) in [6, 6.07) is 4.54. The molecular formula is C9H8FIO. The average molecular weight is 278 g/mol. The lowest BCUT2D eigenvalue weighted by atomic mass is 10.1. The smallest absolute Gasteiger partial charge is 0.123 e. The number of benzene rings is 1. The van der Waals surface area contributed by atoms with Crippen LogP contribution in [0.15, 0.2) is 18.2 Å². The Hall–Kier alpha value is -0.160. The highest BCUT2D eigenvalue weighted by Gasteiger charge is 2.43. The van der Waals surface area contributed by atoms with Crippen molar-refractivity contribution in [2.45, 2.75) is 18.4 Å². The summed E-state index contributed by atoms with van der Waals surface area (Å²) in [6.07, 6.45) is 1.51. The van der Waals surface area contributed by atoms with Gasteiger partial charge < -0.3 is 5.11 Å². The van der Waals surface area contributed by atoms with Gasteiger partial charge in [0.2, 0.25) is 0 Å². The third-order valence-corrected chi connectivity index (χ3v) is 3.09. The second-order valence-corrected chi connectivity index (χ2v) is 4.32. The van der Waals surface area contributed by atoms with Crippen LogP contribution in [-0.2, 0) is 5.60 Å². The lowest BCUT2D eigenvalue weighted by Crippen LogP contribution is -2.06. The predicted molar refractivity (Wildman–Crippen MR) is 52.2 cm³/mol. The minimum absolute atomic E-state index is 0.272. The van der Waals surface area contributed by atoms with E-state index in [1.807, 2.05) is 0 Å². The van der Waals surface area contributed by atoms with Gasteiger partial charge in [-0.25, -0.2) is 4.39 Å². The first-order valence-electron chi connectivity index (χ1n) is 3.80. The normalized spacial score (nSPS) is 19.2. The van der Waals surface area contributed by atoms with Crippen molar-refractivity contribution in [3.05, 3.63) is 33.1 Å². The van der Waals surface area contributed by atoms with Gasteiger partial charge in [-0.15, -0.1) is 0 Å². The molecule has 64 valence electrons. The van der Waals surface area contributed by atoms with E-state index >= 15 is 0 Å². The molecule has 0 aromatic heterocycles. The van der Waals surface area contributed by atoms with Crippen molar-refractivity contribution in [2.75, 3.05) is 0 Å². The van der Waals surface area contributed by atoms with Crippen LogP contribution in [-0.4, -0.2) is 5.11 Å². The standard InChI is InChI=1S/C9H8FIO/c10-6-1-2-8(11)7(5-6)9(12)3-4-9/h1-2,5,12H,3-4H2. The summed E-state index contributed by atoms with van der Waals surface area (Å²) in [7, 11) is 0. The third-order valence-electron chi connectivity index (χ3n) is 2.15. The van der Waals surface area contributed by atoms with Gasteiger partial charge in [-0.2, -0.15) is 0 Å². The van der Waals surface area contributed by atoms with Gasteiger partial charge in [0, 0.05) is 3.57 Å². The van der Waals surface area contributed by atoms with Gasteiger partial charge in [0.15, 0.2) is 0 Å². The highest BCUT2D eigenvalue weighted by molar-refractivity contribution is 14.1. The van der Waals surface area contributed by atoms with E-state index < -0.39 is 5.60 Å². The molecule has 3 heteroatoms. The maximum Gasteiger partial charge on any atom is 0.123 e. The Morgan fingerprint density at radius 3 is 2.67 bits per heavy atom. The number of hydrogen-bond acceptors (Lipinski definition) is 1. The molecule has 0 bridgehead atoms. The average Bonchev–Trinajstić information content (AvgIpc) is 2.75. The second kappa shape index (κ2) is 2.67. The molecule has 0 atom stereocenters. The molecule has 1 saturated carbocycles. The molecule has 0 aliphatic heterocycles. The fourth-order valence-corrected chi connectivity index (χ4v) is 2.08. The van der Waals surface area contributed by atoms with Crippen LogP contribution in [0.5, 0.6) is 0 Å². The van der Waals surface area contributed by atoms with Gasteiger partial charge in [-0.3, -0.25) is 0 Å². The second-order valence-electron chi connectivity index (χ2n) is 3.16. The number of hydrogen-bond donors (Lipinski definition) is 1. The fourth-order valence-electron chi connectivity index (χ4n) is 1.24. The van der Waals surface area contributed by atoms with Crippen LogP contribution >= 0.6 is 22.6 Å². The molecule has 0 saturated heterocycles. The van der Waals surface area contributed by atoms with Crippen molar-refractivity contribution in [3.63, 3.8) is 0 Å². The highest BCUT2D eigenvalue weighted by Crippen LogP contribution is 2.46. The molecule has 0 amide bonds. The number of halogens is 2. The zero-order valence-electron chi connectivity index (χ0n) is 6.35. The van der Waals surface area contributed by atoms with E-state index in [1.54, 1.807) is 6.07 Å². The Balaban J connectivity index is 2.48. The minimum atomic E-state index is -0.724. The fraction of sp³-hybridized carbons (Fsp3) is 0.333. The van der Waals surface area contributed by atoms with E-state index in [-0.39, 0.29) is 5.82 Å².